The molecule has 0 bridgehead atoms. The molecular weight excluding hydrogens is 865 g/mol. The molecule has 0 saturated heterocycles. The lowest BCUT2D eigenvalue weighted by atomic mass is 10.0. The number of unbranched alkanes of at least 4 members (excludes halogenated alkanes) is 27. The molecule has 1 unspecified atom stereocenters. The lowest BCUT2D eigenvalue weighted by Crippen LogP contribution is -2.30. The van der Waals surface area contributed by atoms with E-state index < -0.39 is 6.10 Å². The second-order valence-corrected chi connectivity index (χ2v) is 19.2. The molecule has 0 aromatic carbocycles. The summed E-state index contributed by atoms with van der Waals surface area (Å²) in [6, 6.07) is 0. The average Bonchev–Trinajstić information content (AvgIpc) is 3.36. The van der Waals surface area contributed by atoms with E-state index in [4.69, 9.17) is 14.2 Å². The van der Waals surface area contributed by atoms with Gasteiger partial charge in [-0.3, -0.25) is 14.4 Å². The molecule has 0 aliphatic rings. The number of carbonyl (C=O) groups is 3. The van der Waals surface area contributed by atoms with Crippen LogP contribution in [0.25, 0.3) is 0 Å². The van der Waals surface area contributed by atoms with Crippen LogP contribution in [0.15, 0.2) is 97.2 Å². The first-order valence-electron chi connectivity index (χ1n) is 29.3. The minimum atomic E-state index is -0.816. The van der Waals surface area contributed by atoms with E-state index in [1.807, 2.05) is 6.08 Å². The van der Waals surface area contributed by atoms with Gasteiger partial charge >= 0.3 is 17.9 Å². The van der Waals surface area contributed by atoms with Gasteiger partial charge in [-0.1, -0.05) is 272 Å². The molecule has 0 aromatic rings. The molecule has 0 N–H and O–H groups in total. The molecule has 6 heteroatoms. The number of hydrogen-bond donors (Lipinski definition) is 0. The maximum absolute atomic E-state index is 12.9. The zero-order valence-corrected chi connectivity index (χ0v) is 45.8. The number of ether oxygens (including phenoxy) is 3. The topological polar surface area (TPSA) is 78.9 Å². The molecule has 0 heterocycles. The van der Waals surface area contributed by atoms with Gasteiger partial charge in [0.2, 0.25) is 0 Å². The summed E-state index contributed by atoms with van der Waals surface area (Å²) in [6.45, 7) is 6.45. The van der Waals surface area contributed by atoms with E-state index in [1.165, 1.54) is 128 Å². The van der Waals surface area contributed by atoms with Crippen molar-refractivity contribution < 1.29 is 28.6 Å². The molecule has 0 aromatic heterocycles. The Morgan fingerprint density at radius 2 is 0.643 bits per heavy atom. The standard InChI is InChI=1S/C64H108O6/c1-4-7-10-13-16-19-22-25-28-31-33-36-39-42-45-48-51-54-57-63(66)69-60-61(59-68-62(65)56-53-50-47-44-41-38-35-30-27-24-21-18-15-12-9-6-3)70-64(67)58-55-52-49-46-43-40-37-34-32-29-26-23-20-17-14-11-8-5-2/h9,12,18,21-22,25,27-28,30-31,33,36,38,41,47,50,61H,4-8,10-11,13-17,19-20,23-24,26,29,32,34-35,37,39-40,42-46,48-49,51-60H2,1-3H3/b12-9-,21-18-,25-22-,30-27-,31-28-,36-33-,41-38-,50-47-. The highest BCUT2D eigenvalue weighted by molar-refractivity contribution is 5.71. The maximum atomic E-state index is 12.9. The Bertz CT molecular complexity index is 1400. The van der Waals surface area contributed by atoms with E-state index in [0.29, 0.717) is 19.3 Å². The van der Waals surface area contributed by atoms with E-state index >= 15 is 0 Å². The molecule has 0 aliphatic carbocycles. The third kappa shape index (κ3) is 55.3. The monoisotopic (exact) mass is 973 g/mol. The van der Waals surface area contributed by atoms with E-state index in [9.17, 15) is 14.4 Å². The van der Waals surface area contributed by atoms with Gasteiger partial charge < -0.3 is 14.2 Å². The first-order valence-corrected chi connectivity index (χ1v) is 29.3. The van der Waals surface area contributed by atoms with Crippen LogP contribution in [0.5, 0.6) is 0 Å². The Morgan fingerprint density at radius 1 is 0.314 bits per heavy atom. The lowest BCUT2D eigenvalue weighted by molar-refractivity contribution is -0.166. The number of esters is 3. The Balaban J connectivity index is 4.50. The predicted molar refractivity (Wildman–Crippen MR) is 302 cm³/mol. The quantitative estimate of drug-likeness (QED) is 0.0199. The summed E-state index contributed by atoms with van der Waals surface area (Å²) in [7, 11) is 0. The van der Waals surface area contributed by atoms with Gasteiger partial charge in [-0.05, 0) is 77.0 Å². The van der Waals surface area contributed by atoms with Crippen LogP contribution in [-0.4, -0.2) is 37.2 Å². The van der Waals surface area contributed by atoms with Crippen molar-refractivity contribution in [2.75, 3.05) is 13.2 Å². The fraction of sp³-hybridized carbons (Fsp3) is 0.703. The first kappa shape index (κ1) is 66.3. The van der Waals surface area contributed by atoms with Gasteiger partial charge in [0.15, 0.2) is 6.10 Å². The molecule has 0 saturated carbocycles. The third-order valence-electron chi connectivity index (χ3n) is 12.4. The van der Waals surface area contributed by atoms with Gasteiger partial charge in [0.25, 0.3) is 0 Å². The normalized spacial score (nSPS) is 12.8. The molecular formula is C64H108O6. The molecule has 400 valence electrons. The number of rotatable bonds is 52. The molecule has 0 amide bonds. The van der Waals surface area contributed by atoms with Crippen molar-refractivity contribution in [2.45, 2.75) is 277 Å². The second kappa shape index (κ2) is 57.9. The van der Waals surface area contributed by atoms with Crippen LogP contribution in [0.3, 0.4) is 0 Å². The molecule has 0 spiro atoms. The van der Waals surface area contributed by atoms with E-state index in [-0.39, 0.29) is 37.5 Å². The highest BCUT2D eigenvalue weighted by Crippen LogP contribution is 2.16. The minimum Gasteiger partial charge on any atom is -0.462 e. The largest absolute Gasteiger partial charge is 0.462 e. The van der Waals surface area contributed by atoms with Crippen molar-refractivity contribution in [2.24, 2.45) is 0 Å². The molecule has 1 atom stereocenters. The maximum Gasteiger partial charge on any atom is 0.306 e. The Labute approximate surface area is 432 Å². The predicted octanol–water partition coefficient (Wildman–Crippen LogP) is 19.7. The van der Waals surface area contributed by atoms with Crippen molar-refractivity contribution in [3.05, 3.63) is 97.2 Å². The van der Waals surface area contributed by atoms with E-state index in [2.05, 4.69) is 112 Å². The molecule has 70 heavy (non-hydrogen) atoms. The first-order chi connectivity index (χ1) is 34.5. The number of allylic oxidation sites excluding steroid dienone is 16. The van der Waals surface area contributed by atoms with Crippen LogP contribution in [0.4, 0.5) is 0 Å². The zero-order valence-electron chi connectivity index (χ0n) is 45.8. The summed E-state index contributed by atoms with van der Waals surface area (Å²) in [4.78, 5) is 38.2. The van der Waals surface area contributed by atoms with Crippen LogP contribution >= 0.6 is 0 Å². The van der Waals surface area contributed by atoms with Crippen LogP contribution < -0.4 is 0 Å². The van der Waals surface area contributed by atoms with Gasteiger partial charge in [-0.15, -0.1) is 0 Å². The van der Waals surface area contributed by atoms with Gasteiger partial charge in [-0.2, -0.15) is 0 Å². The van der Waals surface area contributed by atoms with Crippen molar-refractivity contribution in [3.63, 3.8) is 0 Å². The van der Waals surface area contributed by atoms with Gasteiger partial charge in [-0.25, -0.2) is 0 Å². The molecule has 0 rings (SSSR count). The molecule has 0 aliphatic heterocycles. The Kier molecular flexibility index (Phi) is 54.9. The fourth-order valence-electron chi connectivity index (χ4n) is 8.02. The molecule has 0 fully saturated rings. The molecule has 0 radical (unpaired) electrons. The zero-order chi connectivity index (χ0) is 50.7. The van der Waals surface area contributed by atoms with Crippen molar-refractivity contribution in [3.8, 4) is 0 Å². The van der Waals surface area contributed by atoms with Crippen molar-refractivity contribution in [1.29, 1.82) is 0 Å². The van der Waals surface area contributed by atoms with Crippen molar-refractivity contribution >= 4 is 17.9 Å². The smallest absolute Gasteiger partial charge is 0.306 e. The highest BCUT2D eigenvalue weighted by Gasteiger charge is 2.19. The van der Waals surface area contributed by atoms with Crippen LogP contribution in [0, 0.1) is 0 Å². The van der Waals surface area contributed by atoms with Crippen LogP contribution in [-0.2, 0) is 28.6 Å². The molecule has 6 nitrogen and oxygen atoms in total. The summed E-state index contributed by atoms with van der Waals surface area (Å²) in [5.74, 6) is -1.01. The number of hydrogen-bond acceptors (Lipinski definition) is 6. The Morgan fingerprint density at radius 3 is 1.04 bits per heavy atom. The van der Waals surface area contributed by atoms with Crippen molar-refractivity contribution in [1.82, 2.24) is 0 Å². The number of carbonyl (C=O) groups excluding carboxylic acids is 3. The second-order valence-electron chi connectivity index (χ2n) is 19.2. The van der Waals surface area contributed by atoms with Gasteiger partial charge in [0, 0.05) is 19.3 Å². The van der Waals surface area contributed by atoms with Gasteiger partial charge in [0.05, 0.1) is 0 Å². The summed E-state index contributed by atoms with van der Waals surface area (Å²) < 4.78 is 16.8. The van der Waals surface area contributed by atoms with E-state index in [1.54, 1.807) is 0 Å². The lowest BCUT2D eigenvalue weighted by Gasteiger charge is -2.18. The van der Waals surface area contributed by atoms with Crippen LogP contribution in [0.1, 0.15) is 271 Å². The van der Waals surface area contributed by atoms with Crippen LogP contribution in [0.2, 0.25) is 0 Å². The third-order valence-corrected chi connectivity index (χ3v) is 12.4. The summed E-state index contributed by atoms with van der Waals surface area (Å²) in [5.41, 5.74) is 0. The summed E-state index contributed by atoms with van der Waals surface area (Å²) in [6.07, 6.45) is 76.9. The summed E-state index contributed by atoms with van der Waals surface area (Å²) in [5, 5.41) is 0. The van der Waals surface area contributed by atoms with E-state index in [0.717, 1.165) is 96.3 Å². The highest BCUT2D eigenvalue weighted by atomic mass is 16.6. The van der Waals surface area contributed by atoms with Gasteiger partial charge in [0.1, 0.15) is 13.2 Å². The SMILES string of the molecule is CC/C=C\C/C=C\C/C=C\C/C=C\C/C=C\CCC(=O)OCC(COC(=O)CCCCCCC\C=C/C=C\C=C/CCCCCCC)OC(=O)CCCCCCCCCCCCCCCCCCCC. The minimum absolute atomic E-state index is 0.110. The average molecular weight is 974 g/mol. The summed E-state index contributed by atoms with van der Waals surface area (Å²) >= 11 is 0. The Hall–Kier alpha value is -3.67. The fourth-order valence-corrected chi connectivity index (χ4v) is 8.02.